The lowest BCUT2D eigenvalue weighted by molar-refractivity contribution is -0.129. The van der Waals surface area contributed by atoms with Crippen LogP contribution < -0.4 is 9.47 Å². The lowest BCUT2D eigenvalue weighted by atomic mass is 9.99. The van der Waals surface area contributed by atoms with Gasteiger partial charge in [-0.2, -0.15) is 0 Å². The van der Waals surface area contributed by atoms with Gasteiger partial charge in [-0.25, -0.2) is 4.98 Å². The van der Waals surface area contributed by atoms with Gasteiger partial charge in [-0.05, 0) is 29.7 Å². The molecule has 0 bridgehead atoms. The standard InChI is InChI=1S/C28H26N2O4S/c1-32-23-15-21-13-14-30(17-22(21)16-24(23)33-2)25(31)18-35-28-29-26(19-9-5-3-6-10-19)27(34-28)20-11-7-4-8-12-20/h3-12,15-16H,13-14,17-18H2,1-2H3. The van der Waals surface area contributed by atoms with Crippen molar-refractivity contribution in [2.75, 3.05) is 26.5 Å². The third-order valence-electron chi connectivity index (χ3n) is 6.08. The Balaban J connectivity index is 1.32. The molecule has 0 N–H and O–H groups in total. The molecule has 0 saturated heterocycles. The summed E-state index contributed by atoms with van der Waals surface area (Å²) in [6.07, 6.45) is 0.779. The molecule has 1 aliphatic heterocycles. The number of rotatable bonds is 7. The van der Waals surface area contributed by atoms with Gasteiger partial charge in [-0.15, -0.1) is 0 Å². The quantitative estimate of drug-likeness (QED) is 0.312. The first-order valence-corrected chi connectivity index (χ1v) is 12.4. The van der Waals surface area contributed by atoms with Gasteiger partial charge in [0.05, 0.1) is 20.0 Å². The number of amides is 1. The number of fused-ring (bicyclic) bond motifs is 1. The van der Waals surface area contributed by atoms with Gasteiger partial charge in [0.15, 0.2) is 17.3 Å². The van der Waals surface area contributed by atoms with E-state index in [1.807, 2.05) is 77.7 Å². The molecule has 0 aliphatic carbocycles. The van der Waals surface area contributed by atoms with E-state index in [0.29, 0.717) is 35.6 Å². The summed E-state index contributed by atoms with van der Waals surface area (Å²) in [5.74, 6) is 2.41. The lowest BCUT2D eigenvalue weighted by Gasteiger charge is -2.29. The predicted molar refractivity (Wildman–Crippen MR) is 137 cm³/mol. The van der Waals surface area contributed by atoms with Crippen molar-refractivity contribution in [2.24, 2.45) is 0 Å². The molecule has 0 fully saturated rings. The molecule has 0 atom stereocenters. The zero-order chi connectivity index (χ0) is 24.2. The molecule has 1 aliphatic rings. The number of thioether (sulfide) groups is 1. The Morgan fingerprint density at radius 3 is 2.23 bits per heavy atom. The Bertz CT molecular complexity index is 1260. The zero-order valence-electron chi connectivity index (χ0n) is 19.7. The van der Waals surface area contributed by atoms with Gasteiger partial charge in [-0.1, -0.05) is 72.4 Å². The van der Waals surface area contributed by atoms with Crippen molar-refractivity contribution < 1.29 is 18.7 Å². The topological polar surface area (TPSA) is 64.8 Å². The molecule has 0 radical (unpaired) electrons. The smallest absolute Gasteiger partial charge is 0.257 e. The van der Waals surface area contributed by atoms with Gasteiger partial charge in [0, 0.05) is 24.2 Å². The molecule has 1 aromatic heterocycles. The summed E-state index contributed by atoms with van der Waals surface area (Å²) in [6.45, 7) is 1.21. The molecule has 5 rings (SSSR count). The molecule has 178 valence electrons. The molecule has 6 nitrogen and oxygen atoms in total. The number of methoxy groups -OCH3 is 2. The van der Waals surface area contributed by atoms with E-state index in [2.05, 4.69) is 0 Å². The largest absolute Gasteiger partial charge is 0.493 e. The summed E-state index contributed by atoms with van der Waals surface area (Å²) >= 11 is 1.33. The fourth-order valence-corrected chi connectivity index (χ4v) is 4.98. The van der Waals surface area contributed by atoms with Crippen LogP contribution in [0, 0.1) is 0 Å². The zero-order valence-corrected chi connectivity index (χ0v) is 20.5. The van der Waals surface area contributed by atoms with Crippen LogP contribution in [0.4, 0.5) is 0 Å². The highest BCUT2D eigenvalue weighted by molar-refractivity contribution is 7.99. The first-order chi connectivity index (χ1) is 17.2. The third-order valence-corrected chi connectivity index (χ3v) is 6.89. The Kier molecular flexibility index (Phi) is 6.77. The average molecular weight is 487 g/mol. The maximum Gasteiger partial charge on any atom is 0.257 e. The number of carbonyl (C=O) groups excluding carboxylic acids is 1. The number of ether oxygens (including phenoxy) is 2. The van der Waals surface area contributed by atoms with E-state index in [9.17, 15) is 4.79 Å². The molecule has 0 spiro atoms. The van der Waals surface area contributed by atoms with Crippen LogP contribution >= 0.6 is 11.8 Å². The van der Waals surface area contributed by atoms with Crippen LogP contribution in [-0.2, 0) is 17.8 Å². The van der Waals surface area contributed by atoms with Crippen LogP contribution in [0.5, 0.6) is 11.5 Å². The maximum atomic E-state index is 13.1. The van der Waals surface area contributed by atoms with Crippen molar-refractivity contribution in [3.05, 3.63) is 83.9 Å². The van der Waals surface area contributed by atoms with Gasteiger partial charge in [0.1, 0.15) is 5.69 Å². The van der Waals surface area contributed by atoms with Gasteiger partial charge in [-0.3, -0.25) is 4.79 Å². The highest BCUT2D eigenvalue weighted by Crippen LogP contribution is 2.36. The van der Waals surface area contributed by atoms with Gasteiger partial charge >= 0.3 is 0 Å². The SMILES string of the molecule is COc1cc2c(cc1OC)CN(C(=O)CSc1nc(-c3ccccc3)c(-c3ccccc3)o1)CC2. The van der Waals surface area contributed by atoms with Gasteiger partial charge < -0.3 is 18.8 Å². The summed E-state index contributed by atoms with van der Waals surface area (Å²) in [7, 11) is 3.26. The van der Waals surface area contributed by atoms with Crippen LogP contribution in [0.2, 0.25) is 0 Å². The summed E-state index contributed by atoms with van der Waals surface area (Å²) in [5.41, 5.74) is 4.98. The molecule has 1 amide bonds. The molecule has 2 heterocycles. The molecule has 35 heavy (non-hydrogen) atoms. The first-order valence-electron chi connectivity index (χ1n) is 11.4. The molecule has 0 unspecified atom stereocenters. The Morgan fingerprint density at radius 2 is 1.57 bits per heavy atom. The highest BCUT2D eigenvalue weighted by atomic mass is 32.2. The second-order valence-electron chi connectivity index (χ2n) is 8.22. The number of benzene rings is 3. The minimum absolute atomic E-state index is 0.0520. The first kappa shape index (κ1) is 23.1. The number of aromatic nitrogens is 1. The summed E-state index contributed by atoms with van der Waals surface area (Å²) in [5, 5.41) is 0.486. The van der Waals surface area contributed by atoms with Gasteiger partial charge in [0.2, 0.25) is 5.91 Å². The molecular formula is C28H26N2O4S. The second-order valence-corrected chi connectivity index (χ2v) is 9.15. The summed E-state index contributed by atoms with van der Waals surface area (Å²) in [4.78, 5) is 19.7. The van der Waals surface area contributed by atoms with Crippen LogP contribution in [0.25, 0.3) is 22.6 Å². The van der Waals surface area contributed by atoms with Gasteiger partial charge in [0.25, 0.3) is 5.22 Å². The third kappa shape index (κ3) is 4.91. The van der Waals surface area contributed by atoms with Crippen molar-refractivity contribution in [1.82, 2.24) is 9.88 Å². The van der Waals surface area contributed by atoms with Crippen LogP contribution in [-0.4, -0.2) is 42.3 Å². The van der Waals surface area contributed by atoms with Crippen molar-refractivity contribution in [3.63, 3.8) is 0 Å². The Hall–Kier alpha value is -3.71. The minimum Gasteiger partial charge on any atom is -0.493 e. The highest BCUT2D eigenvalue weighted by Gasteiger charge is 2.24. The molecule has 7 heteroatoms. The second kappa shape index (κ2) is 10.3. The lowest BCUT2D eigenvalue weighted by Crippen LogP contribution is -2.37. The van der Waals surface area contributed by atoms with E-state index in [0.717, 1.165) is 28.8 Å². The molecule has 3 aromatic carbocycles. The van der Waals surface area contributed by atoms with Crippen molar-refractivity contribution >= 4 is 17.7 Å². The van der Waals surface area contributed by atoms with Crippen molar-refractivity contribution in [1.29, 1.82) is 0 Å². The maximum absolute atomic E-state index is 13.1. The summed E-state index contributed by atoms with van der Waals surface area (Å²) in [6, 6.07) is 23.9. The van der Waals surface area contributed by atoms with E-state index in [1.54, 1.807) is 14.2 Å². The fourth-order valence-electron chi connectivity index (χ4n) is 4.25. The van der Waals surface area contributed by atoms with Crippen LogP contribution in [0.15, 0.2) is 82.4 Å². The number of carbonyl (C=O) groups is 1. The average Bonchev–Trinajstić information content (AvgIpc) is 3.36. The minimum atomic E-state index is 0.0520. The Labute approximate surface area is 208 Å². The van der Waals surface area contributed by atoms with Crippen molar-refractivity contribution in [3.8, 4) is 34.1 Å². The molecule has 0 saturated carbocycles. The number of oxazole rings is 1. The van der Waals surface area contributed by atoms with E-state index in [4.69, 9.17) is 18.9 Å². The number of hydrogen-bond acceptors (Lipinski definition) is 6. The Morgan fingerprint density at radius 1 is 0.943 bits per heavy atom. The molecular weight excluding hydrogens is 460 g/mol. The van der Waals surface area contributed by atoms with E-state index in [1.165, 1.54) is 17.3 Å². The monoisotopic (exact) mass is 486 g/mol. The summed E-state index contributed by atoms with van der Waals surface area (Å²) < 4.78 is 17.0. The van der Waals surface area contributed by atoms with E-state index < -0.39 is 0 Å². The predicted octanol–water partition coefficient (Wildman–Crippen LogP) is 5.70. The van der Waals surface area contributed by atoms with Crippen LogP contribution in [0.1, 0.15) is 11.1 Å². The fraction of sp³-hybridized carbons (Fsp3) is 0.214. The molecule has 4 aromatic rings. The number of hydrogen-bond donors (Lipinski definition) is 0. The number of nitrogens with zero attached hydrogens (tertiary/aromatic N) is 2. The normalized spacial score (nSPS) is 12.8. The van der Waals surface area contributed by atoms with Crippen molar-refractivity contribution in [2.45, 2.75) is 18.2 Å². The van der Waals surface area contributed by atoms with E-state index in [-0.39, 0.29) is 11.7 Å². The van der Waals surface area contributed by atoms with E-state index >= 15 is 0 Å². The van der Waals surface area contributed by atoms with Crippen LogP contribution in [0.3, 0.4) is 0 Å².